The van der Waals surface area contributed by atoms with Gasteiger partial charge in [0.15, 0.2) is 0 Å². The highest BCUT2D eigenvalue weighted by Crippen LogP contribution is 2.39. The highest BCUT2D eigenvalue weighted by molar-refractivity contribution is 7.97. The van der Waals surface area contributed by atoms with Gasteiger partial charge >= 0.3 is 0 Å². The Morgan fingerprint density at radius 3 is 2.25 bits per heavy atom. The third-order valence-corrected chi connectivity index (χ3v) is 5.34. The molecule has 5 N–H and O–H groups in total. The van der Waals surface area contributed by atoms with Gasteiger partial charge in [-0.3, -0.25) is 4.98 Å². The van der Waals surface area contributed by atoms with Gasteiger partial charge in [-0.15, -0.1) is 0 Å². The van der Waals surface area contributed by atoms with E-state index in [0.29, 0.717) is 11.7 Å². The zero-order chi connectivity index (χ0) is 27.3. The number of pyridine rings is 2. The summed E-state index contributed by atoms with van der Waals surface area (Å²) in [7, 11) is 1.90. The van der Waals surface area contributed by atoms with Crippen molar-refractivity contribution >= 4 is 47.4 Å². The molecule has 1 fully saturated rings. The predicted molar refractivity (Wildman–Crippen MR) is 162 cm³/mol. The van der Waals surface area contributed by atoms with Crippen LogP contribution in [0.1, 0.15) is 49.4 Å². The molecule has 3 rings (SSSR count). The minimum absolute atomic E-state index is 0.514. The first-order valence-electron chi connectivity index (χ1n) is 11.9. The molecule has 2 heterocycles. The van der Waals surface area contributed by atoms with E-state index in [1.165, 1.54) is 31.3 Å². The number of rotatable bonds is 6. The van der Waals surface area contributed by atoms with E-state index in [1.807, 2.05) is 89.0 Å². The van der Waals surface area contributed by atoms with Crippen molar-refractivity contribution in [1.82, 2.24) is 9.97 Å². The third-order valence-electron chi connectivity index (χ3n) is 5.34. The van der Waals surface area contributed by atoms with Gasteiger partial charge in [0.25, 0.3) is 0 Å². The first kappa shape index (κ1) is 32.7. The smallest absolute Gasteiger partial charge is 0.125 e. The number of nitrogen functional groups attached to an aromatic ring is 2. The summed E-state index contributed by atoms with van der Waals surface area (Å²) >= 11 is 1.75. The Kier molecular flexibility index (Phi) is 18.1. The van der Waals surface area contributed by atoms with Crippen LogP contribution >= 0.6 is 11.8 Å². The normalized spacial score (nSPS) is 13.2. The molecular formula is C29H43N5OS. The number of nitrogens with one attached hydrogen (secondary N) is 1. The van der Waals surface area contributed by atoms with E-state index in [4.69, 9.17) is 16.3 Å². The second-order valence-electron chi connectivity index (χ2n) is 7.98. The summed E-state index contributed by atoms with van der Waals surface area (Å²) in [5.41, 5.74) is 17.9. The van der Waals surface area contributed by atoms with Crippen LogP contribution in [0.5, 0.6) is 0 Å². The fraction of sp³-hybridized carbons (Fsp3) is 0.345. The van der Waals surface area contributed by atoms with Gasteiger partial charge in [0.2, 0.25) is 0 Å². The van der Waals surface area contributed by atoms with Crippen LogP contribution in [-0.2, 0) is 4.79 Å². The van der Waals surface area contributed by atoms with Crippen molar-refractivity contribution in [2.45, 2.75) is 39.5 Å². The molecule has 0 unspecified atom stereocenters. The number of allylic oxidation sites excluding steroid dienone is 6. The molecule has 0 radical (unpaired) electrons. The summed E-state index contributed by atoms with van der Waals surface area (Å²) in [5.74, 6) is 1.05. The van der Waals surface area contributed by atoms with Gasteiger partial charge in [-0.05, 0) is 68.4 Å². The molecule has 0 aromatic carbocycles. The quantitative estimate of drug-likeness (QED) is 0.367. The zero-order valence-electron chi connectivity index (χ0n) is 22.5. The van der Waals surface area contributed by atoms with Crippen LogP contribution in [0.15, 0.2) is 61.5 Å². The lowest BCUT2D eigenvalue weighted by Gasteiger charge is -2.17. The summed E-state index contributed by atoms with van der Waals surface area (Å²) in [4.78, 5) is 16.7. The summed E-state index contributed by atoms with van der Waals surface area (Å²) in [6, 6.07) is 3.90. The second kappa shape index (κ2) is 19.9. The molecule has 0 spiro atoms. The number of aryl methyl sites for hydroxylation is 1. The Bertz CT molecular complexity index is 995. The maximum absolute atomic E-state index is 8.00. The summed E-state index contributed by atoms with van der Waals surface area (Å²) < 4.78 is 0. The highest BCUT2D eigenvalue weighted by atomic mass is 32.2. The number of carbonyl (C=O) groups excluding carboxylic acids is 1. The predicted octanol–water partition coefficient (Wildman–Crippen LogP) is 6.82. The Balaban J connectivity index is 0.000000862. The number of hydrogen-bond acceptors (Lipinski definition) is 7. The van der Waals surface area contributed by atoms with E-state index in [9.17, 15) is 0 Å². The number of thioether (sulfide) groups is 1. The molecule has 2 aromatic heterocycles. The third kappa shape index (κ3) is 11.9. The molecule has 0 aliphatic heterocycles. The molecule has 0 atom stereocenters. The molecule has 0 amide bonds. The van der Waals surface area contributed by atoms with E-state index in [-0.39, 0.29) is 0 Å². The fourth-order valence-corrected chi connectivity index (χ4v) is 3.62. The highest BCUT2D eigenvalue weighted by Gasteiger charge is 2.21. The van der Waals surface area contributed by atoms with Crippen molar-refractivity contribution in [3.8, 4) is 0 Å². The van der Waals surface area contributed by atoms with Crippen molar-refractivity contribution < 1.29 is 4.79 Å². The Hall–Kier alpha value is -3.32. The number of aromatic nitrogens is 2. The average molecular weight is 510 g/mol. The molecule has 0 saturated heterocycles. The van der Waals surface area contributed by atoms with Crippen LogP contribution in [0.2, 0.25) is 0 Å². The molecule has 36 heavy (non-hydrogen) atoms. The van der Waals surface area contributed by atoms with Crippen LogP contribution in [0.4, 0.5) is 17.2 Å². The number of nitrogens with two attached hydrogens (primary N) is 2. The molecule has 0 bridgehead atoms. The van der Waals surface area contributed by atoms with Gasteiger partial charge in [0, 0.05) is 36.8 Å². The second-order valence-corrected chi connectivity index (χ2v) is 8.80. The first-order valence-corrected chi connectivity index (χ1v) is 13.5. The molecule has 196 valence electrons. The summed E-state index contributed by atoms with van der Waals surface area (Å²) in [6.45, 7) is 9.42. The first-order chi connectivity index (χ1) is 17.4. The molecule has 6 nitrogen and oxygen atoms in total. The van der Waals surface area contributed by atoms with Crippen molar-refractivity contribution in [3.05, 3.63) is 78.3 Å². The van der Waals surface area contributed by atoms with Crippen molar-refractivity contribution in [2.75, 3.05) is 36.3 Å². The SMILES string of the molecule is C=C/C=C\C=C/C.C=O.CNc1cc(N)ncc1/C=C(/c1cnc(C)c(N)c1)C1CCCC1.CSC. The van der Waals surface area contributed by atoms with Crippen molar-refractivity contribution in [3.63, 3.8) is 0 Å². The van der Waals surface area contributed by atoms with Gasteiger partial charge < -0.3 is 21.6 Å². The number of carbonyl (C=O) groups is 1. The van der Waals surface area contributed by atoms with E-state index in [0.717, 1.165) is 28.2 Å². The van der Waals surface area contributed by atoms with E-state index in [2.05, 4.69) is 27.9 Å². The lowest BCUT2D eigenvalue weighted by molar-refractivity contribution is -0.0979. The average Bonchev–Trinajstić information content (AvgIpc) is 3.42. The minimum atomic E-state index is 0.514. The maximum atomic E-state index is 8.00. The molecule has 1 saturated carbocycles. The van der Waals surface area contributed by atoms with Gasteiger partial charge in [-0.2, -0.15) is 11.8 Å². The lowest BCUT2D eigenvalue weighted by Crippen LogP contribution is -2.03. The maximum Gasteiger partial charge on any atom is 0.125 e. The molecule has 1 aliphatic rings. The van der Waals surface area contributed by atoms with Gasteiger partial charge in [-0.25, -0.2) is 4.98 Å². The van der Waals surface area contributed by atoms with Crippen LogP contribution in [0.3, 0.4) is 0 Å². The van der Waals surface area contributed by atoms with E-state index in [1.54, 1.807) is 17.8 Å². The number of anilines is 3. The van der Waals surface area contributed by atoms with Gasteiger partial charge in [-0.1, -0.05) is 49.8 Å². The topological polar surface area (TPSA) is 107 Å². The largest absolute Gasteiger partial charge is 0.397 e. The zero-order valence-corrected chi connectivity index (χ0v) is 23.3. The molecule has 2 aromatic rings. The Morgan fingerprint density at radius 2 is 1.72 bits per heavy atom. The molecule has 1 aliphatic carbocycles. The Morgan fingerprint density at radius 1 is 1.08 bits per heavy atom. The van der Waals surface area contributed by atoms with Crippen molar-refractivity contribution in [2.24, 2.45) is 5.92 Å². The molecule has 7 heteroatoms. The minimum Gasteiger partial charge on any atom is -0.397 e. The lowest BCUT2D eigenvalue weighted by atomic mass is 9.90. The number of hydrogen-bond donors (Lipinski definition) is 3. The fourth-order valence-electron chi connectivity index (χ4n) is 3.62. The van der Waals surface area contributed by atoms with Crippen LogP contribution < -0.4 is 16.8 Å². The Labute approximate surface area is 222 Å². The van der Waals surface area contributed by atoms with Crippen LogP contribution in [0, 0.1) is 12.8 Å². The summed E-state index contributed by atoms with van der Waals surface area (Å²) in [5, 5.41) is 3.20. The standard InChI is InChI=1S/C19H25N5.C7H10.C2H6S.CH2O/c1-12-17(20)8-14(10-23-12)16(13-5-3-4-6-13)7-15-11-24-19(21)9-18(15)22-2;1-3-5-7-6-4-2;1-3-2;1-2/h7-11,13H,3-6,20H2,1-2H3,(H3,21,22,24);3-7H,1H2,2H3;1-2H3;1H2/b16-7+;6-4-,7-5-;;. The monoisotopic (exact) mass is 509 g/mol. The van der Waals surface area contributed by atoms with Crippen molar-refractivity contribution in [1.29, 1.82) is 0 Å². The van der Waals surface area contributed by atoms with Gasteiger partial charge in [0.05, 0.1) is 11.4 Å². The summed E-state index contributed by atoms with van der Waals surface area (Å²) in [6.07, 6.45) is 24.5. The van der Waals surface area contributed by atoms with Crippen LogP contribution in [-0.4, -0.2) is 36.3 Å². The van der Waals surface area contributed by atoms with E-state index < -0.39 is 0 Å². The van der Waals surface area contributed by atoms with Gasteiger partial charge in [0.1, 0.15) is 12.6 Å². The van der Waals surface area contributed by atoms with Crippen LogP contribution in [0.25, 0.3) is 11.6 Å². The number of nitrogens with zero attached hydrogens (tertiary/aromatic N) is 2. The van der Waals surface area contributed by atoms with E-state index >= 15 is 0 Å². The molecular weight excluding hydrogens is 466 g/mol.